The number of halogens is 2. The van der Waals surface area contributed by atoms with Gasteiger partial charge < -0.3 is 9.64 Å². The zero-order valence-electron chi connectivity index (χ0n) is 10.7. The van der Waals surface area contributed by atoms with E-state index in [1.54, 1.807) is 6.20 Å². The average molecular weight is 281 g/mol. The molecule has 1 aliphatic carbocycles. The predicted molar refractivity (Wildman–Crippen MR) is 63.1 cm³/mol. The monoisotopic (exact) mass is 281 g/mol. The summed E-state index contributed by atoms with van der Waals surface area (Å²) >= 11 is 0. The SMILES string of the molecule is O=C(C(F)F)N1CC2(C1)OCc1nc(C3CC3)ncc12. The number of aromatic nitrogens is 2. The van der Waals surface area contributed by atoms with Crippen LogP contribution in [0.1, 0.15) is 35.8 Å². The van der Waals surface area contributed by atoms with E-state index in [0.29, 0.717) is 12.5 Å². The molecule has 20 heavy (non-hydrogen) atoms. The third-order valence-corrected chi connectivity index (χ3v) is 4.20. The van der Waals surface area contributed by atoms with Crippen molar-refractivity contribution in [1.29, 1.82) is 0 Å². The molecule has 0 atom stereocenters. The Morgan fingerprint density at radius 1 is 1.45 bits per heavy atom. The highest BCUT2D eigenvalue weighted by Gasteiger charge is 2.53. The molecule has 1 saturated carbocycles. The molecule has 3 aliphatic rings. The van der Waals surface area contributed by atoms with E-state index < -0.39 is 17.9 Å². The zero-order chi connectivity index (χ0) is 13.9. The topological polar surface area (TPSA) is 55.3 Å². The molecule has 4 rings (SSSR count). The van der Waals surface area contributed by atoms with Gasteiger partial charge in [-0.25, -0.2) is 9.97 Å². The molecule has 0 N–H and O–H groups in total. The van der Waals surface area contributed by atoms with Crippen molar-refractivity contribution in [3.8, 4) is 0 Å². The second kappa shape index (κ2) is 3.94. The minimum absolute atomic E-state index is 0.162. The maximum Gasteiger partial charge on any atom is 0.315 e. The first-order chi connectivity index (χ1) is 9.59. The number of hydrogen-bond acceptors (Lipinski definition) is 4. The van der Waals surface area contributed by atoms with Gasteiger partial charge in [-0.3, -0.25) is 4.79 Å². The molecule has 1 amide bonds. The van der Waals surface area contributed by atoms with Crippen molar-refractivity contribution in [1.82, 2.24) is 14.9 Å². The van der Waals surface area contributed by atoms with E-state index in [9.17, 15) is 13.6 Å². The largest absolute Gasteiger partial charge is 0.360 e. The van der Waals surface area contributed by atoms with Crippen LogP contribution >= 0.6 is 0 Å². The lowest BCUT2D eigenvalue weighted by atomic mass is 9.87. The zero-order valence-corrected chi connectivity index (χ0v) is 10.7. The number of likely N-dealkylation sites (tertiary alicyclic amines) is 1. The number of rotatable bonds is 2. The Morgan fingerprint density at radius 2 is 2.20 bits per heavy atom. The molecule has 0 aromatic carbocycles. The number of ether oxygens (including phenoxy) is 1. The van der Waals surface area contributed by atoms with Crippen LogP contribution in [0.15, 0.2) is 6.20 Å². The molecule has 2 fully saturated rings. The summed E-state index contributed by atoms with van der Waals surface area (Å²) in [7, 11) is 0. The average Bonchev–Trinajstić information content (AvgIpc) is 3.16. The number of carbonyl (C=O) groups excluding carboxylic acids is 1. The first kappa shape index (κ1) is 12.1. The van der Waals surface area contributed by atoms with Gasteiger partial charge in [0.05, 0.1) is 25.4 Å². The van der Waals surface area contributed by atoms with Crippen LogP contribution in [-0.4, -0.2) is 40.3 Å². The van der Waals surface area contributed by atoms with E-state index in [4.69, 9.17) is 4.74 Å². The van der Waals surface area contributed by atoms with Gasteiger partial charge in [0.25, 0.3) is 5.91 Å². The lowest BCUT2D eigenvalue weighted by Gasteiger charge is -2.46. The fourth-order valence-corrected chi connectivity index (χ4v) is 2.87. The maximum atomic E-state index is 12.4. The van der Waals surface area contributed by atoms with Crippen molar-refractivity contribution in [2.45, 2.75) is 37.4 Å². The van der Waals surface area contributed by atoms with Gasteiger partial charge in [-0.15, -0.1) is 0 Å². The van der Waals surface area contributed by atoms with Gasteiger partial charge in [0.1, 0.15) is 11.4 Å². The van der Waals surface area contributed by atoms with Crippen LogP contribution in [0.2, 0.25) is 0 Å². The molecule has 2 aliphatic heterocycles. The molecular formula is C13H13F2N3O2. The van der Waals surface area contributed by atoms with E-state index >= 15 is 0 Å². The minimum atomic E-state index is -2.96. The Morgan fingerprint density at radius 3 is 2.85 bits per heavy atom. The number of amides is 1. The quantitative estimate of drug-likeness (QED) is 0.817. The summed E-state index contributed by atoms with van der Waals surface area (Å²) in [6.07, 6.45) is 1.04. The number of hydrogen-bond donors (Lipinski definition) is 0. The second-order valence-corrected chi connectivity index (χ2v) is 5.64. The van der Waals surface area contributed by atoms with Crippen LogP contribution < -0.4 is 0 Å². The first-order valence-electron chi connectivity index (χ1n) is 6.66. The first-order valence-corrected chi connectivity index (χ1v) is 6.66. The molecular weight excluding hydrogens is 268 g/mol. The molecule has 3 heterocycles. The molecule has 0 unspecified atom stereocenters. The smallest absolute Gasteiger partial charge is 0.315 e. The molecule has 0 bridgehead atoms. The summed E-state index contributed by atoms with van der Waals surface area (Å²) in [6.45, 7) is 0.693. The van der Waals surface area contributed by atoms with Crippen molar-refractivity contribution < 1.29 is 18.3 Å². The Labute approximate surface area is 114 Å². The van der Waals surface area contributed by atoms with Crippen molar-refractivity contribution in [3.63, 3.8) is 0 Å². The van der Waals surface area contributed by atoms with E-state index in [1.165, 1.54) is 0 Å². The van der Waals surface area contributed by atoms with Crippen LogP contribution in [0.4, 0.5) is 8.78 Å². The van der Waals surface area contributed by atoms with Gasteiger partial charge in [0.15, 0.2) is 0 Å². The Hall–Kier alpha value is -1.63. The highest BCUT2D eigenvalue weighted by atomic mass is 19.3. The van der Waals surface area contributed by atoms with E-state index in [1.807, 2.05) is 0 Å². The second-order valence-electron chi connectivity index (χ2n) is 5.64. The highest BCUT2D eigenvalue weighted by molar-refractivity contribution is 5.80. The Kier molecular flexibility index (Phi) is 2.39. The van der Waals surface area contributed by atoms with Gasteiger partial charge in [-0.1, -0.05) is 0 Å². The fraction of sp³-hybridized carbons (Fsp3) is 0.615. The molecule has 106 valence electrons. The lowest BCUT2D eigenvalue weighted by molar-refractivity contribution is -0.177. The van der Waals surface area contributed by atoms with Gasteiger partial charge in [0.2, 0.25) is 0 Å². The van der Waals surface area contributed by atoms with Gasteiger partial charge in [0, 0.05) is 17.7 Å². The third kappa shape index (κ3) is 1.65. The van der Waals surface area contributed by atoms with Gasteiger partial charge >= 0.3 is 6.43 Å². The van der Waals surface area contributed by atoms with Crippen LogP contribution in [-0.2, 0) is 21.7 Å². The summed E-state index contributed by atoms with van der Waals surface area (Å²) < 4.78 is 30.4. The summed E-state index contributed by atoms with van der Waals surface area (Å²) in [5, 5.41) is 0. The molecule has 5 nitrogen and oxygen atoms in total. The number of nitrogens with zero attached hydrogens (tertiary/aromatic N) is 3. The summed E-state index contributed by atoms with van der Waals surface area (Å²) in [4.78, 5) is 21.2. The summed E-state index contributed by atoms with van der Waals surface area (Å²) in [5.41, 5.74) is 1.02. The van der Waals surface area contributed by atoms with Gasteiger partial charge in [-0.05, 0) is 12.8 Å². The van der Waals surface area contributed by atoms with E-state index in [0.717, 1.165) is 34.8 Å². The molecule has 1 spiro atoms. The number of alkyl halides is 2. The predicted octanol–water partition coefficient (Wildman–Crippen LogP) is 1.19. The van der Waals surface area contributed by atoms with Crippen LogP contribution in [0.5, 0.6) is 0 Å². The Balaban J connectivity index is 1.55. The molecule has 0 radical (unpaired) electrons. The van der Waals surface area contributed by atoms with E-state index in [-0.39, 0.29) is 13.1 Å². The van der Waals surface area contributed by atoms with Gasteiger partial charge in [-0.2, -0.15) is 8.78 Å². The normalized spacial score (nSPS) is 23.1. The Bertz CT molecular complexity index is 583. The summed E-state index contributed by atoms with van der Waals surface area (Å²) in [5.74, 6) is 0.183. The van der Waals surface area contributed by atoms with Crippen LogP contribution in [0, 0.1) is 0 Å². The van der Waals surface area contributed by atoms with Crippen molar-refractivity contribution in [2.24, 2.45) is 0 Å². The van der Waals surface area contributed by atoms with Crippen molar-refractivity contribution >= 4 is 5.91 Å². The van der Waals surface area contributed by atoms with Crippen LogP contribution in [0.3, 0.4) is 0 Å². The molecule has 7 heteroatoms. The standard InChI is InChI=1S/C13H13F2N3O2/c14-10(15)12(19)18-5-13(6-18)8-3-16-11(7-1-2-7)17-9(8)4-20-13/h3,7,10H,1-2,4-6H2. The van der Waals surface area contributed by atoms with E-state index in [2.05, 4.69) is 9.97 Å². The molecule has 1 aromatic heterocycles. The van der Waals surface area contributed by atoms with Crippen LogP contribution in [0.25, 0.3) is 0 Å². The fourth-order valence-electron chi connectivity index (χ4n) is 2.87. The number of carbonyl (C=O) groups is 1. The molecule has 1 aromatic rings. The van der Waals surface area contributed by atoms with Crippen molar-refractivity contribution in [3.05, 3.63) is 23.3 Å². The summed E-state index contributed by atoms with van der Waals surface area (Å²) in [6, 6.07) is 0. The third-order valence-electron chi connectivity index (χ3n) is 4.20. The highest BCUT2D eigenvalue weighted by Crippen LogP contribution is 2.44. The minimum Gasteiger partial charge on any atom is -0.360 e. The number of fused-ring (bicyclic) bond motifs is 2. The lowest BCUT2D eigenvalue weighted by Crippen LogP contribution is -2.62. The molecule has 1 saturated heterocycles. The maximum absolute atomic E-state index is 12.4. The van der Waals surface area contributed by atoms with Crippen molar-refractivity contribution in [2.75, 3.05) is 13.1 Å².